The molecule has 39 heavy (non-hydrogen) atoms. The fourth-order valence-electron chi connectivity index (χ4n) is 4.03. The van der Waals surface area contributed by atoms with E-state index in [1.54, 1.807) is 48.9 Å². The van der Waals surface area contributed by atoms with Crippen molar-refractivity contribution in [2.24, 2.45) is 0 Å². The second kappa shape index (κ2) is 13.1. The van der Waals surface area contributed by atoms with Crippen molar-refractivity contribution in [3.63, 3.8) is 0 Å². The Hall–Kier alpha value is -4.05. The van der Waals surface area contributed by atoms with Crippen LogP contribution in [0, 0.1) is 0 Å². The summed E-state index contributed by atoms with van der Waals surface area (Å²) in [6.45, 7) is 5.34. The number of hydrogen-bond acceptors (Lipinski definition) is 7. The molecule has 0 saturated carbocycles. The fraction of sp³-hybridized carbons (Fsp3) is 0.345. The molecule has 3 aromatic rings. The van der Waals surface area contributed by atoms with Crippen LogP contribution in [0.15, 0.2) is 60.0 Å². The zero-order valence-electron chi connectivity index (χ0n) is 23.1. The Balaban J connectivity index is 2.08. The van der Waals surface area contributed by atoms with E-state index < -0.39 is 17.5 Å². The number of methoxy groups -OCH3 is 3. The van der Waals surface area contributed by atoms with Crippen LogP contribution in [-0.4, -0.2) is 56.0 Å². The molecule has 0 radical (unpaired) electrons. The van der Waals surface area contributed by atoms with E-state index in [2.05, 4.69) is 10.6 Å². The molecule has 0 saturated heterocycles. The monoisotopic (exact) mass is 553 g/mol. The van der Waals surface area contributed by atoms with Crippen molar-refractivity contribution >= 4 is 29.1 Å². The lowest BCUT2D eigenvalue weighted by atomic mass is 10.00. The first-order chi connectivity index (χ1) is 18.6. The molecule has 3 rings (SSSR count). The van der Waals surface area contributed by atoms with Gasteiger partial charge in [-0.2, -0.15) is 0 Å². The first-order valence-corrected chi connectivity index (χ1v) is 13.2. The molecule has 3 amide bonds. The standard InChI is InChI=1S/C29H35N3O6S/c1-29(2,3)31-28(35)26(19-13-14-22(37-5)23(16-19)38-6)32(18-20-10-7-8-11-21(20)36-4)25(33)17-30-27(34)24-12-9-15-39-24/h7-16,26H,17-18H2,1-6H3,(H,30,34)(H,31,35)/t26-/m0/s1. The first kappa shape index (κ1) is 29.5. The Labute approximate surface area is 233 Å². The number of nitrogens with one attached hydrogen (secondary N) is 2. The molecule has 208 valence electrons. The minimum absolute atomic E-state index is 0.0499. The van der Waals surface area contributed by atoms with E-state index in [1.807, 2.05) is 39.0 Å². The number of carbonyl (C=O) groups is 3. The van der Waals surface area contributed by atoms with Crippen molar-refractivity contribution in [3.8, 4) is 17.2 Å². The van der Waals surface area contributed by atoms with Gasteiger partial charge in [0.2, 0.25) is 11.8 Å². The van der Waals surface area contributed by atoms with E-state index in [9.17, 15) is 14.4 Å². The SMILES string of the molecule is COc1ccccc1CN(C(=O)CNC(=O)c1cccs1)[C@H](C(=O)NC(C)(C)C)c1ccc(OC)c(OC)c1. The molecule has 2 aromatic carbocycles. The summed E-state index contributed by atoms with van der Waals surface area (Å²) >= 11 is 1.28. The van der Waals surface area contributed by atoms with E-state index in [4.69, 9.17) is 14.2 Å². The molecule has 0 fully saturated rings. The Morgan fingerprint density at radius 3 is 2.21 bits per heavy atom. The molecule has 0 bridgehead atoms. The molecular formula is C29H35N3O6S. The molecule has 0 aliphatic carbocycles. The van der Waals surface area contributed by atoms with Crippen molar-refractivity contribution in [1.82, 2.24) is 15.5 Å². The Bertz CT molecular complexity index is 1290. The van der Waals surface area contributed by atoms with Crippen LogP contribution in [0.25, 0.3) is 0 Å². The highest BCUT2D eigenvalue weighted by atomic mass is 32.1. The lowest BCUT2D eigenvalue weighted by molar-refractivity contribution is -0.141. The van der Waals surface area contributed by atoms with Gasteiger partial charge in [0, 0.05) is 11.1 Å². The average Bonchev–Trinajstić information content (AvgIpc) is 3.45. The molecular weight excluding hydrogens is 518 g/mol. The highest BCUT2D eigenvalue weighted by Gasteiger charge is 2.34. The summed E-state index contributed by atoms with van der Waals surface area (Å²) in [5.41, 5.74) is 0.646. The number of amides is 3. The second-order valence-corrected chi connectivity index (χ2v) is 10.7. The van der Waals surface area contributed by atoms with Gasteiger partial charge >= 0.3 is 0 Å². The van der Waals surface area contributed by atoms with E-state index in [0.717, 1.165) is 0 Å². The van der Waals surface area contributed by atoms with E-state index in [-0.39, 0.29) is 24.9 Å². The van der Waals surface area contributed by atoms with Crippen LogP contribution in [0.3, 0.4) is 0 Å². The van der Waals surface area contributed by atoms with Gasteiger partial charge in [0.15, 0.2) is 11.5 Å². The van der Waals surface area contributed by atoms with Gasteiger partial charge in [-0.05, 0) is 56.0 Å². The zero-order valence-corrected chi connectivity index (χ0v) is 23.9. The largest absolute Gasteiger partial charge is 0.496 e. The third kappa shape index (κ3) is 7.73. The van der Waals surface area contributed by atoms with E-state index in [1.165, 1.54) is 30.5 Å². The molecule has 0 aliphatic rings. The minimum Gasteiger partial charge on any atom is -0.496 e. The van der Waals surface area contributed by atoms with Crippen molar-refractivity contribution in [2.75, 3.05) is 27.9 Å². The van der Waals surface area contributed by atoms with Gasteiger partial charge in [-0.25, -0.2) is 0 Å². The smallest absolute Gasteiger partial charge is 0.261 e. The molecule has 1 atom stereocenters. The van der Waals surface area contributed by atoms with Gasteiger partial charge in [0.1, 0.15) is 11.8 Å². The van der Waals surface area contributed by atoms with Gasteiger partial charge < -0.3 is 29.7 Å². The summed E-state index contributed by atoms with van der Waals surface area (Å²) in [5.74, 6) is 0.274. The molecule has 0 unspecified atom stereocenters. The maximum Gasteiger partial charge on any atom is 0.261 e. The number of rotatable bonds is 11. The molecule has 10 heteroatoms. The Morgan fingerprint density at radius 2 is 1.59 bits per heavy atom. The maximum absolute atomic E-state index is 13.8. The summed E-state index contributed by atoms with van der Waals surface area (Å²) < 4.78 is 16.4. The van der Waals surface area contributed by atoms with Crippen molar-refractivity contribution in [3.05, 3.63) is 76.0 Å². The molecule has 0 aliphatic heterocycles. The van der Waals surface area contributed by atoms with Crippen LogP contribution in [0.5, 0.6) is 17.2 Å². The average molecular weight is 554 g/mol. The van der Waals surface area contributed by atoms with Crippen molar-refractivity contribution < 1.29 is 28.6 Å². The summed E-state index contributed by atoms with van der Waals surface area (Å²) in [7, 11) is 4.57. The van der Waals surface area contributed by atoms with Gasteiger partial charge in [-0.3, -0.25) is 14.4 Å². The summed E-state index contributed by atoms with van der Waals surface area (Å²) in [6, 6.07) is 14.8. The number of para-hydroxylation sites is 1. The summed E-state index contributed by atoms with van der Waals surface area (Å²) in [4.78, 5) is 42.2. The second-order valence-electron chi connectivity index (χ2n) is 9.75. The van der Waals surface area contributed by atoms with Gasteiger partial charge in [-0.1, -0.05) is 30.3 Å². The summed E-state index contributed by atoms with van der Waals surface area (Å²) in [6.07, 6.45) is 0. The number of nitrogens with zero attached hydrogens (tertiary/aromatic N) is 1. The third-order valence-corrected chi connectivity index (χ3v) is 6.65. The highest BCUT2D eigenvalue weighted by molar-refractivity contribution is 7.12. The van der Waals surface area contributed by atoms with Gasteiger partial charge in [-0.15, -0.1) is 11.3 Å². The van der Waals surface area contributed by atoms with Crippen molar-refractivity contribution in [1.29, 1.82) is 0 Å². The number of hydrogen-bond donors (Lipinski definition) is 2. The van der Waals surface area contributed by atoms with Crippen LogP contribution in [0.2, 0.25) is 0 Å². The number of carbonyl (C=O) groups excluding carboxylic acids is 3. The Morgan fingerprint density at radius 1 is 0.897 bits per heavy atom. The van der Waals surface area contributed by atoms with Crippen LogP contribution < -0.4 is 24.8 Å². The zero-order chi connectivity index (χ0) is 28.6. The molecule has 2 N–H and O–H groups in total. The number of ether oxygens (including phenoxy) is 3. The predicted octanol–water partition coefficient (Wildman–Crippen LogP) is 4.19. The minimum atomic E-state index is -1.06. The molecule has 0 spiro atoms. The van der Waals surface area contributed by atoms with Crippen LogP contribution in [0.4, 0.5) is 0 Å². The van der Waals surface area contributed by atoms with Crippen LogP contribution in [-0.2, 0) is 16.1 Å². The quantitative estimate of drug-likeness (QED) is 0.369. The topological polar surface area (TPSA) is 106 Å². The molecule has 1 aromatic heterocycles. The summed E-state index contributed by atoms with van der Waals surface area (Å²) in [5, 5.41) is 7.47. The lowest BCUT2D eigenvalue weighted by Gasteiger charge is -2.34. The first-order valence-electron chi connectivity index (χ1n) is 12.3. The van der Waals surface area contributed by atoms with Crippen LogP contribution >= 0.6 is 11.3 Å². The molecule has 9 nitrogen and oxygen atoms in total. The van der Waals surface area contributed by atoms with Gasteiger partial charge in [0.25, 0.3) is 5.91 Å². The highest BCUT2D eigenvalue weighted by Crippen LogP contribution is 2.34. The molecule has 1 heterocycles. The Kier molecular flexibility index (Phi) is 9.95. The van der Waals surface area contributed by atoms with E-state index in [0.29, 0.717) is 33.3 Å². The number of benzene rings is 2. The lowest BCUT2D eigenvalue weighted by Crippen LogP contribution is -2.50. The van der Waals surface area contributed by atoms with Crippen LogP contribution in [0.1, 0.15) is 47.6 Å². The predicted molar refractivity (Wildman–Crippen MR) is 150 cm³/mol. The van der Waals surface area contributed by atoms with Crippen molar-refractivity contribution in [2.45, 2.75) is 38.9 Å². The van der Waals surface area contributed by atoms with Gasteiger partial charge in [0.05, 0.1) is 39.3 Å². The maximum atomic E-state index is 13.8. The normalized spacial score (nSPS) is 11.7. The number of thiophene rings is 1. The van der Waals surface area contributed by atoms with E-state index >= 15 is 0 Å². The fourth-order valence-corrected chi connectivity index (χ4v) is 4.67. The third-order valence-electron chi connectivity index (χ3n) is 5.78.